The molecule has 1 aliphatic carbocycles. The molecule has 0 amide bonds. The maximum atomic E-state index is 5.80. The van der Waals surface area contributed by atoms with E-state index in [4.69, 9.17) is 12.2 Å². The van der Waals surface area contributed by atoms with Crippen LogP contribution in [0.3, 0.4) is 0 Å². The topological polar surface area (TPSA) is 44.0 Å². The van der Waals surface area contributed by atoms with Crippen molar-refractivity contribution in [3.05, 3.63) is 53.1 Å². The molecule has 0 aromatic carbocycles. The van der Waals surface area contributed by atoms with Crippen LogP contribution in [0.15, 0.2) is 30.5 Å². The number of nitrogens with one attached hydrogen (secondary N) is 2. The molecule has 2 aromatic heterocycles. The van der Waals surface area contributed by atoms with E-state index in [1.807, 2.05) is 12.3 Å². The Morgan fingerprint density at radius 3 is 2.60 bits per heavy atom. The van der Waals surface area contributed by atoms with Gasteiger partial charge in [-0.2, -0.15) is 0 Å². The Labute approximate surface area is 155 Å². The highest BCUT2D eigenvalue weighted by atomic mass is 32.1. The summed E-state index contributed by atoms with van der Waals surface area (Å²) in [6.45, 7) is 4.29. The number of nitrogens with zero attached hydrogens (tertiary/aromatic N) is 2. The standard InChI is InChI=1S/C20H26N4S/c1-13-12-16(14(2)22-13)19-18(17-10-6-7-11-21-17)23-20(25)24(19)15-8-4-3-5-9-15/h6-7,10-12,15,18-19,22H,3-5,8-9H2,1-2H3,(H,23,25)/t18-,19-/m0/s1. The SMILES string of the molecule is Cc1cc([C@H]2[C@H](c3ccccn3)NC(=S)N2C2CCCCC2)c(C)[nH]1. The van der Waals surface area contributed by atoms with Crippen LogP contribution in [-0.4, -0.2) is 26.0 Å². The monoisotopic (exact) mass is 354 g/mol. The van der Waals surface area contributed by atoms with Crippen molar-refractivity contribution in [3.63, 3.8) is 0 Å². The van der Waals surface area contributed by atoms with Crippen molar-refractivity contribution in [1.29, 1.82) is 0 Å². The van der Waals surface area contributed by atoms with E-state index in [9.17, 15) is 0 Å². The smallest absolute Gasteiger partial charge is 0.170 e. The molecular weight excluding hydrogens is 328 g/mol. The average molecular weight is 355 g/mol. The molecular formula is C20H26N4S. The Bertz CT molecular complexity index is 748. The first-order valence-electron chi connectivity index (χ1n) is 9.31. The van der Waals surface area contributed by atoms with Crippen LogP contribution in [0.25, 0.3) is 0 Å². The predicted octanol–water partition coefficient (Wildman–Crippen LogP) is 4.33. The van der Waals surface area contributed by atoms with Gasteiger partial charge in [0.05, 0.1) is 17.8 Å². The minimum atomic E-state index is 0.101. The van der Waals surface area contributed by atoms with E-state index >= 15 is 0 Å². The van der Waals surface area contributed by atoms with Crippen LogP contribution in [0.4, 0.5) is 0 Å². The summed E-state index contributed by atoms with van der Waals surface area (Å²) in [7, 11) is 0. The minimum absolute atomic E-state index is 0.101. The lowest BCUT2D eigenvalue weighted by Crippen LogP contribution is -2.40. The van der Waals surface area contributed by atoms with E-state index < -0.39 is 0 Å². The second kappa shape index (κ2) is 6.79. The first kappa shape index (κ1) is 16.6. The molecule has 132 valence electrons. The summed E-state index contributed by atoms with van der Waals surface area (Å²) in [5.41, 5.74) is 4.84. The van der Waals surface area contributed by atoms with Gasteiger partial charge in [-0.05, 0) is 62.7 Å². The predicted molar refractivity (Wildman–Crippen MR) is 104 cm³/mol. The third-order valence-corrected chi connectivity index (χ3v) is 5.94. The van der Waals surface area contributed by atoms with E-state index in [-0.39, 0.29) is 12.1 Å². The summed E-state index contributed by atoms with van der Waals surface area (Å²) in [5.74, 6) is 0. The minimum Gasteiger partial charge on any atom is -0.362 e. The zero-order chi connectivity index (χ0) is 17.4. The summed E-state index contributed by atoms with van der Waals surface area (Å²) in [5, 5.41) is 4.46. The molecule has 0 unspecified atom stereocenters. The highest BCUT2D eigenvalue weighted by Gasteiger charge is 2.43. The van der Waals surface area contributed by atoms with Gasteiger partial charge in [-0.1, -0.05) is 25.3 Å². The molecule has 2 fully saturated rings. The fourth-order valence-electron chi connectivity index (χ4n) is 4.50. The van der Waals surface area contributed by atoms with Crippen molar-refractivity contribution in [2.75, 3.05) is 0 Å². The van der Waals surface area contributed by atoms with Crippen LogP contribution in [-0.2, 0) is 0 Å². The molecule has 0 radical (unpaired) electrons. The van der Waals surface area contributed by atoms with Crippen LogP contribution in [0, 0.1) is 13.8 Å². The Kier molecular flexibility index (Phi) is 4.50. The van der Waals surface area contributed by atoms with Crippen molar-refractivity contribution in [1.82, 2.24) is 20.2 Å². The zero-order valence-electron chi connectivity index (χ0n) is 15.0. The van der Waals surface area contributed by atoms with E-state index in [2.05, 4.69) is 52.2 Å². The maximum absolute atomic E-state index is 5.80. The van der Waals surface area contributed by atoms with E-state index in [0.29, 0.717) is 6.04 Å². The molecule has 4 nitrogen and oxygen atoms in total. The molecule has 1 saturated heterocycles. The van der Waals surface area contributed by atoms with Crippen molar-refractivity contribution in [3.8, 4) is 0 Å². The van der Waals surface area contributed by atoms with Crippen molar-refractivity contribution in [2.45, 2.75) is 64.1 Å². The second-order valence-electron chi connectivity index (χ2n) is 7.36. The number of H-pyrrole nitrogens is 1. The van der Waals surface area contributed by atoms with Crippen LogP contribution in [0.1, 0.15) is 66.8 Å². The van der Waals surface area contributed by atoms with Crippen LogP contribution in [0.5, 0.6) is 0 Å². The molecule has 2 atom stereocenters. The number of thiocarbonyl (C=S) groups is 1. The zero-order valence-corrected chi connectivity index (χ0v) is 15.8. The number of aromatic nitrogens is 2. The molecule has 2 aliphatic rings. The largest absolute Gasteiger partial charge is 0.362 e. The third kappa shape index (κ3) is 3.06. The van der Waals surface area contributed by atoms with E-state index in [0.717, 1.165) is 10.8 Å². The van der Waals surface area contributed by atoms with Gasteiger partial charge in [0.15, 0.2) is 5.11 Å². The van der Waals surface area contributed by atoms with Crippen LogP contribution in [0.2, 0.25) is 0 Å². The molecule has 0 bridgehead atoms. The van der Waals surface area contributed by atoms with E-state index in [1.54, 1.807) is 0 Å². The summed E-state index contributed by atoms with van der Waals surface area (Å²) in [4.78, 5) is 10.6. The Hall–Kier alpha value is -1.88. The molecule has 1 saturated carbocycles. The number of hydrogen-bond acceptors (Lipinski definition) is 2. The maximum Gasteiger partial charge on any atom is 0.170 e. The first-order chi connectivity index (χ1) is 12.1. The van der Waals surface area contributed by atoms with Gasteiger partial charge < -0.3 is 15.2 Å². The van der Waals surface area contributed by atoms with E-state index in [1.165, 1.54) is 49.1 Å². The quantitative estimate of drug-likeness (QED) is 0.805. The normalized spacial score (nSPS) is 24.6. The Balaban J connectivity index is 1.77. The molecule has 25 heavy (non-hydrogen) atoms. The average Bonchev–Trinajstić information content (AvgIpc) is 3.15. The molecule has 5 heteroatoms. The number of hydrogen-bond donors (Lipinski definition) is 2. The van der Waals surface area contributed by atoms with Gasteiger partial charge in [0.25, 0.3) is 0 Å². The molecule has 3 heterocycles. The summed E-state index contributed by atoms with van der Waals surface area (Å²) >= 11 is 5.80. The lowest BCUT2D eigenvalue weighted by Gasteiger charge is -2.37. The molecule has 1 aliphatic heterocycles. The number of rotatable bonds is 3. The second-order valence-corrected chi connectivity index (χ2v) is 7.75. The summed E-state index contributed by atoms with van der Waals surface area (Å²) in [6, 6.07) is 9.24. The highest BCUT2D eigenvalue weighted by Crippen LogP contribution is 2.43. The fourth-order valence-corrected chi connectivity index (χ4v) is 4.89. The van der Waals surface area contributed by atoms with Crippen LogP contribution >= 0.6 is 12.2 Å². The summed E-state index contributed by atoms with van der Waals surface area (Å²) in [6.07, 6.45) is 8.29. The van der Waals surface area contributed by atoms with Gasteiger partial charge in [0, 0.05) is 23.6 Å². The third-order valence-electron chi connectivity index (χ3n) is 5.61. The fraction of sp³-hybridized carbons (Fsp3) is 0.500. The van der Waals surface area contributed by atoms with Crippen molar-refractivity contribution >= 4 is 17.3 Å². The highest BCUT2D eigenvalue weighted by molar-refractivity contribution is 7.80. The summed E-state index contributed by atoms with van der Waals surface area (Å²) < 4.78 is 0. The van der Waals surface area contributed by atoms with Gasteiger partial charge in [-0.25, -0.2) is 0 Å². The Morgan fingerprint density at radius 2 is 1.96 bits per heavy atom. The number of aryl methyl sites for hydroxylation is 2. The van der Waals surface area contributed by atoms with Crippen molar-refractivity contribution in [2.24, 2.45) is 0 Å². The molecule has 4 rings (SSSR count). The number of aromatic amines is 1. The first-order valence-corrected chi connectivity index (χ1v) is 9.72. The molecule has 2 aromatic rings. The molecule has 2 N–H and O–H groups in total. The Morgan fingerprint density at radius 1 is 1.16 bits per heavy atom. The van der Waals surface area contributed by atoms with Crippen LogP contribution < -0.4 is 5.32 Å². The van der Waals surface area contributed by atoms with Gasteiger partial charge in [-0.15, -0.1) is 0 Å². The van der Waals surface area contributed by atoms with Gasteiger partial charge >= 0.3 is 0 Å². The van der Waals surface area contributed by atoms with Gasteiger partial charge in [0.2, 0.25) is 0 Å². The molecule has 0 spiro atoms. The lowest BCUT2D eigenvalue weighted by molar-refractivity contribution is 0.197. The van der Waals surface area contributed by atoms with Gasteiger partial charge in [-0.3, -0.25) is 4.98 Å². The van der Waals surface area contributed by atoms with Gasteiger partial charge in [0.1, 0.15) is 0 Å². The number of pyridine rings is 1. The van der Waals surface area contributed by atoms with Crippen molar-refractivity contribution < 1.29 is 0 Å². The lowest BCUT2D eigenvalue weighted by atomic mass is 9.90.